The zero-order valence-corrected chi connectivity index (χ0v) is 11.8. The van der Waals surface area contributed by atoms with Gasteiger partial charge in [0.1, 0.15) is 6.10 Å². The predicted molar refractivity (Wildman–Crippen MR) is 76.0 cm³/mol. The van der Waals surface area contributed by atoms with Crippen LogP contribution < -0.4 is 0 Å². The van der Waals surface area contributed by atoms with E-state index in [9.17, 15) is 4.79 Å². The molecular formula is C16H22O3. The van der Waals surface area contributed by atoms with E-state index in [1.165, 1.54) is 12.7 Å². The van der Waals surface area contributed by atoms with Gasteiger partial charge in [0.25, 0.3) is 0 Å². The topological polar surface area (TPSA) is 35.5 Å². The van der Waals surface area contributed by atoms with Gasteiger partial charge in [0, 0.05) is 0 Å². The Hall–Kier alpha value is -1.77. The van der Waals surface area contributed by atoms with Gasteiger partial charge < -0.3 is 9.47 Å². The molecule has 0 heterocycles. The summed E-state index contributed by atoms with van der Waals surface area (Å²) in [5.74, 6) is 0.229. The molecule has 19 heavy (non-hydrogen) atoms. The third-order valence-corrected chi connectivity index (χ3v) is 2.82. The molecule has 104 valence electrons. The van der Waals surface area contributed by atoms with Gasteiger partial charge in [0.15, 0.2) is 0 Å². The van der Waals surface area contributed by atoms with Gasteiger partial charge in [-0.25, -0.2) is 4.79 Å². The van der Waals surface area contributed by atoms with Crippen molar-refractivity contribution >= 4 is 6.16 Å². The van der Waals surface area contributed by atoms with Gasteiger partial charge in [-0.3, -0.25) is 0 Å². The van der Waals surface area contributed by atoms with Crippen LogP contribution in [0.3, 0.4) is 0 Å². The summed E-state index contributed by atoms with van der Waals surface area (Å²) in [4.78, 5) is 11.1. The lowest BCUT2D eigenvalue weighted by molar-refractivity contribution is 0.0379. The van der Waals surface area contributed by atoms with Gasteiger partial charge >= 0.3 is 6.16 Å². The maximum Gasteiger partial charge on any atom is 0.508 e. The summed E-state index contributed by atoms with van der Waals surface area (Å²) in [6.07, 6.45) is 5.04. The summed E-state index contributed by atoms with van der Waals surface area (Å²) in [6.45, 7) is 4.02. The number of methoxy groups -OCH3 is 1. The highest BCUT2D eigenvalue weighted by Gasteiger charge is 2.15. The monoisotopic (exact) mass is 262 g/mol. The predicted octanol–water partition coefficient (Wildman–Crippen LogP) is 3.98. The smallest absolute Gasteiger partial charge is 0.438 e. The standard InChI is InChI=1S/C16H22O3/c1-13(2)15(19-16(17)18-3)12-8-7-11-14-9-5-4-6-10-14/h4-6,8-10,12-13,15H,7,11H2,1-3H3/b12-8-/t15-/m0/s1. The van der Waals surface area contributed by atoms with Crippen LogP contribution in [0.4, 0.5) is 4.79 Å². The Labute approximate surface area is 115 Å². The number of allylic oxidation sites excluding steroid dienone is 1. The zero-order valence-electron chi connectivity index (χ0n) is 11.8. The van der Waals surface area contributed by atoms with E-state index >= 15 is 0 Å². The maximum absolute atomic E-state index is 11.1. The maximum atomic E-state index is 11.1. The Morgan fingerprint density at radius 1 is 1.26 bits per heavy atom. The first-order valence-corrected chi connectivity index (χ1v) is 6.58. The second kappa shape index (κ2) is 8.35. The average Bonchev–Trinajstić information content (AvgIpc) is 2.42. The summed E-state index contributed by atoms with van der Waals surface area (Å²) in [7, 11) is 1.32. The molecule has 0 unspecified atom stereocenters. The summed E-state index contributed by atoms with van der Waals surface area (Å²) in [5, 5.41) is 0. The molecule has 0 aliphatic rings. The van der Waals surface area contributed by atoms with Crippen molar-refractivity contribution in [3.8, 4) is 0 Å². The van der Waals surface area contributed by atoms with Crippen LogP contribution in [0, 0.1) is 5.92 Å². The summed E-state index contributed by atoms with van der Waals surface area (Å²) < 4.78 is 9.68. The highest BCUT2D eigenvalue weighted by Crippen LogP contribution is 2.10. The lowest BCUT2D eigenvalue weighted by Gasteiger charge is -2.16. The minimum atomic E-state index is -0.633. The molecule has 0 N–H and O–H groups in total. The molecule has 0 saturated heterocycles. The third-order valence-electron chi connectivity index (χ3n) is 2.82. The van der Waals surface area contributed by atoms with Gasteiger partial charge in [0.05, 0.1) is 7.11 Å². The molecular weight excluding hydrogens is 240 g/mol. The number of ether oxygens (including phenoxy) is 2. The summed E-state index contributed by atoms with van der Waals surface area (Å²) >= 11 is 0. The van der Waals surface area contributed by atoms with Crippen molar-refractivity contribution in [2.75, 3.05) is 7.11 Å². The van der Waals surface area contributed by atoms with Crippen LogP contribution in [0.5, 0.6) is 0 Å². The fourth-order valence-corrected chi connectivity index (χ4v) is 1.68. The Morgan fingerprint density at radius 3 is 2.53 bits per heavy atom. The van der Waals surface area contributed by atoms with Gasteiger partial charge in [-0.2, -0.15) is 0 Å². The lowest BCUT2D eigenvalue weighted by atomic mass is 10.1. The fourth-order valence-electron chi connectivity index (χ4n) is 1.68. The molecule has 0 bridgehead atoms. The van der Waals surface area contributed by atoms with E-state index in [4.69, 9.17) is 4.74 Å². The van der Waals surface area contributed by atoms with Crippen LogP contribution in [0.1, 0.15) is 25.8 Å². The normalized spacial score (nSPS) is 12.6. The highest BCUT2D eigenvalue weighted by atomic mass is 16.7. The number of hydrogen-bond donors (Lipinski definition) is 0. The molecule has 0 aliphatic heterocycles. The molecule has 1 aromatic carbocycles. The quantitative estimate of drug-likeness (QED) is 0.574. The molecule has 0 fully saturated rings. The second-order valence-electron chi connectivity index (χ2n) is 4.73. The van der Waals surface area contributed by atoms with Crippen LogP contribution in [0.25, 0.3) is 0 Å². The van der Waals surface area contributed by atoms with Gasteiger partial charge in [-0.1, -0.05) is 50.3 Å². The van der Waals surface area contributed by atoms with Crippen LogP contribution in [0.15, 0.2) is 42.5 Å². The molecule has 0 spiro atoms. The average molecular weight is 262 g/mol. The summed E-state index contributed by atoms with van der Waals surface area (Å²) in [6, 6.07) is 10.3. The van der Waals surface area contributed by atoms with E-state index in [1.54, 1.807) is 0 Å². The van der Waals surface area contributed by atoms with Crippen LogP contribution >= 0.6 is 0 Å². The Kier molecular flexibility index (Phi) is 6.72. The van der Waals surface area contributed by atoms with Gasteiger partial charge in [0.2, 0.25) is 0 Å². The number of carbonyl (C=O) groups excluding carboxylic acids is 1. The molecule has 0 amide bonds. The Morgan fingerprint density at radius 2 is 1.95 bits per heavy atom. The van der Waals surface area contributed by atoms with Gasteiger partial charge in [-0.15, -0.1) is 0 Å². The number of hydrogen-bond acceptors (Lipinski definition) is 3. The summed E-state index contributed by atoms with van der Waals surface area (Å²) in [5.41, 5.74) is 1.31. The molecule has 0 saturated carbocycles. The number of aryl methyl sites for hydroxylation is 1. The van der Waals surface area contributed by atoms with Crippen molar-refractivity contribution in [1.29, 1.82) is 0 Å². The van der Waals surface area contributed by atoms with E-state index in [0.29, 0.717) is 0 Å². The molecule has 0 aromatic heterocycles. The van der Waals surface area contributed by atoms with Crippen LogP contribution in [0.2, 0.25) is 0 Å². The zero-order chi connectivity index (χ0) is 14.1. The molecule has 0 aliphatic carbocycles. The van der Waals surface area contributed by atoms with Crippen molar-refractivity contribution in [3.05, 3.63) is 48.0 Å². The molecule has 3 heteroatoms. The van der Waals surface area contributed by atoms with E-state index in [-0.39, 0.29) is 12.0 Å². The van der Waals surface area contributed by atoms with Gasteiger partial charge in [-0.05, 0) is 30.4 Å². The second-order valence-corrected chi connectivity index (χ2v) is 4.73. The van der Waals surface area contributed by atoms with E-state index in [1.807, 2.05) is 38.1 Å². The molecule has 3 nitrogen and oxygen atoms in total. The van der Waals surface area contributed by atoms with Crippen molar-refractivity contribution < 1.29 is 14.3 Å². The van der Waals surface area contributed by atoms with E-state index in [0.717, 1.165) is 12.8 Å². The van der Waals surface area contributed by atoms with Crippen molar-refractivity contribution in [2.24, 2.45) is 5.92 Å². The van der Waals surface area contributed by atoms with Crippen LogP contribution in [-0.4, -0.2) is 19.4 Å². The largest absolute Gasteiger partial charge is 0.508 e. The third kappa shape index (κ3) is 6.09. The van der Waals surface area contributed by atoms with Crippen LogP contribution in [-0.2, 0) is 15.9 Å². The van der Waals surface area contributed by atoms with E-state index < -0.39 is 6.16 Å². The first kappa shape index (κ1) is 15.3. The first-order chi connectivity index (χ1) is 9.13. The van der Waals surface area contributed by atoms with Crippen molar-refractivity contribution in [2.45, 2.75) is 32.8 Å². The van der Waals surface area contributed by atoms with Crippen molar-refractivity contribution in [3.63, 3.8) is 0 Å². The molecule has 0 radical (unpaired) electrons. The number of rotatable bonds is 6. The molecule has 1 aromatic rings. The molecule has 1 atom stereocenters. The minimum absolute atomic E-state index is 0.229. The Bertz CT molecular complexity index is 396. The number of benzene rings is 1. The van der Waals surface area contributed by atoms with E-state index in [2.05, 4.69) is 22.9 Å². The van der Waals surface area contributed by atoms with Crippen molar-refractivity contribution in [1.82, 2.24) is 0 Å². The fraction of sp³-hybridized carbons (Fsp3) is 0.438. The SMILES string of the molecule is COC(=O)O[C@@H](/C=C\CCc1ccccc1)C(C)C. The Balaban J connectivity index is 2.41. The number of carbonyl (C=O) groups is 1. The minimum Gasteiger partial charge on any atom is -0.438 e. The highest BCUT2D eigenvalue weighted by molar-refractivity contribution is 5.60. The lowest BCUT2D eigenvalue weighted by Crippen LogP contribution is -2.21. The molecule has 1 rings (SSSR count). The first-order valence-electron chi connectivity index (χ1n) is 6.58.